The van der Waals surface area contributed by atoms with Gasteiger partial charge in [0.1, 0.15) is 5.75 Å². The Balaban J connectivity index is 1.88. The Hall–Kier alpha value is -1.11. The molecule has 0 atom stereocenters. The number of likely N-dealkylation sites (N-methyl/N-ethyl adjacent to an activating group) is 1. The second-order valence-corrected chi connectivity index (χ2v) is 7.01. The summed E-state index contributed by atoms with van der Waals surface area (Å²) in [4.78, 5) is 2.53. The van der Waals surface area contributed by atoms with Gasteiger partial charge in [-0.3, -0.25) is 0 Å². The molecule has 0 bridgehead atoms. The van der Waals surface area contributed by atoms with Crippen molar-refractivity contribution in [1.29, 1.82) is 0 Å². The number of rotatable bonds is 2. The van der Waals surface area contributed by atoms with Gasteiger partial charge in [-0.25, -0.2) is 8.42 Å². The first kappa shape index (κ1) is 12.9. The SMILES string of the molecule is CN1CCN(S(=O)(=O)c2ccc3c(c2)CCO3)CC1. The van der Waals surface area contributed by atoms with Crippen LogP contribution in [0.5, 0.6) is 5.75 Å². The first-order valence-corrected chi connectivity index (χ1v) is 7.96. The fourth-order valence-electron chi connectivity index (χ4n) is 2.50. The van der Waals surface area contributed by atoms with Crippen molar-refractivity contribution in [3.63, 3.8) is 0 Å². The molecule has 0 saturated carbocycles. The lowest BCUT2D eigenvalue weighted by atomic mass is 10.2. The third-order valence-electron chi connectivity index (χ3n) is 3.76. The Morgan fingerprint density at radius 2 is 1.89 bits per heavy atom. The lowest BCUT2D eigenvalue weighted by molar-refractivity contribution is 0.222. The van der Waals surface area contributed by atoms with E-state index in [1.807, 2.05) is 7.05 Å². The normalized spacial score (nSPS) is 21.1. The lowest BCUT2D eigenvalue weighted by Gasteiger charge is -2.31. The Morgan fingerprint density at radius 1 is 1.16 bits per heavy atom. The van der Waals surface area contributed by atoms with Crippen LogP contribution in [0.4, 0.5) is 0 Å². The van der Waals surface area contributed by atoms with Crippen LogP contribution in [0.25, 0.3) is 0 Å². The van der Waals surface area contributed by atoms with E-state index >= 15 is 0 Å². The predicted molar refractivity (Wildman–Crippen MR) is 71.9 cm³/mol. The predicted octanol–water partition coefficient (Wildman–Crippen LogP) is 0.558. The monoisotopic (exact) mass is 282 g/mol. The number of hydrogen-bond acceptors (Lipinski definition) is 4. The van der Waals surface area contributed by atoms with Crippen LogP contribution in [0.3, 0.4) is 0 Å². The van der Waals surface area contributed by atoms with Crippen molar-refractivity contribution in [2.75, 3.05) is 39.8 Å². The van der Waals surface area contributed by atoms with E-state index in [2.05, 4.69) is 4.90 Å². The molecule has 2 aliphatic rings. The van der Waals surface area contributed by atoms with Gasteiger partial charge in [-0.2, -0.15) is 4.31 Å². The van der Waals surface area contributed by atoms with Gasteiger partial charge < -0.3 is 9.64 Å². The largest absolute Gasteiger partial charge is 0.493 e. The van der Waals surface area contributed by atoms with Gasteiger partial charge in [0.25, 0.3) is 0 Å². The van der Waals surface area contributed by atoms with E-state index in [-0.39, 0.29) is 0 Å². The van der Waals surface area contributed by atoms with Gasteiger partial charge in [0, 0.05) is 32.6 Å². The summed E-state index contributed by atoms with van der Waals surface area (Å²) in [5.74, 6) is 0.817. The summed E-state index contributed by atoms with van der Waals surface area (Å²) >= 11 is 0. The maximum atomic E-state index is 12.6. The van der Waals surface area contributed by atoms with Crippen LogP contribution in [-0.4, -0.2) is 57.5 Å². The van der Waals surface area contributed by atoms with Crippen molar-refractivity contribution in [3.8, 4) is 5.75 Å². The molecule has 104 valence electrons. The van der Waals surface area contributed by atoms with Crippen LogP contribution >= 0.6 is 0 Å². The summed E-state index contributed by atoms with van der Waals surface area (Å²) in [7, 11) is -1.35. The highest BCUT2D eigenvalue weighted by Crippen LogP contribution is 2.29. The summed E-state index contributed by atoms with van der Waals surface area (Å²) in [6.07, 6.45) is 0.793. The van der Waals surface area contributed by atoms with Crippen molar-refractivity contribution < 1.29 is 13.2 Å². The molecule has 2 aliphatic heterocycles. The summed E-state index contributed by atoms with van der Waals surface area (Å²) < 4.78 is 32.1. The highest BCUT2D eigenvalue weighted by Gasteiger charge is 2.28. The Morgan fingerprint density at radius 3 is 2.63 bits per heavy atom. The number of nitrogens with zero attached hydrogens (tertiary/aromatic N) is 2. The van der Waals surface area contributed by atoms with Crippen LogP contribution < -0.4 is 4.74 Å². The molecule has 1 aromatic carbocycles. The van der Waals surface area contributed by atoms with Gasteiger partial charge >= 0.3 is 0 Å². The zero-order chi connectivity index (χ0) is 13.5. The van der Waals surface area contributed by atoms with Crippen molar-refractivity contribution in [2.45, 2.75) is 11.3 Å². The molecule has 0 aromatic heterocycles. The quantitative estimate of drug-likeness (QED) is 0.795. The molecular formula is C13H18N2O3S. The summed E-state index contributed by atoms with van der Waals surface area (Å²) in [5, 5.41) is 0. The molecule has 1 saturated heterocycles. The fraction of sp³-hybridized carbons (Fsp3) is 0.538. The number of fused-ring (bicyclic) bond motifs is 1. The number of sulfonamides is 1. The molecule has 3 rings (SSSR count). The van der Waals surface area contributed by atoms with Crippen LogP contribution in [0.2, 0.25) is 0 Å². The summed E-state index contributed by atoms with van der Waals surface area (Å²) in [6, 6.07) is 5.18. The number of ether oxygens (including phenoxy) is 1. The minimum Gasteiger partial charge on any atom is -0.493 e. The van der Waals surface area contributed by atoms with Crippen molar-refractivity contribution in [1.82, 2.24) is 9.21 Å². The number of hydrogen-bond donors (Lipinski definition) is 0. The van der Waals surface area contributed by atoms with Gasteiger partial charge in [-0.1, -0.05) is 0 Å². The maximum Gasteiger partial charge on any atom is 0.243 e. The van der Waals surface area contributed by atoms with E-state index < -0.39 is 10.0 Å². The third kappa shape index (κ3) is 2.35. The second-order valence-electron chi connectivity index (χ2n) is 5.08. The van der Waals surface area contributed by atoms with E-state index in [4.69, 9.17) is 4.74 Å². The lowest BCUT2D eigenvalue weighted by Crippen LogP contribution is -2.47. The molecule has 0 radical (unpaired) electrons. The molecule has 2 heterocycles. The summed E-state index contributed by atoms with van der Waals surface area (Å²) in [6.45, 7) is 3.34. The molecule has 5 nitrogen and oxygen atoms in total. The Labute approximate surface area is 113 Å². The van der Waals surface area contributed by atoms with Crippen molar-refractivity contribution in [2.24, 2.45) is 0 Å². The minimum absolute atomic E-state index is 0.390. The molecule has 0 N–H and O–H groups in total. The second kappa shape index (κ2) is 4.77. The van der Waals surface area contributed by atoms with Crippen LogP contribution in [-0.2, 0) is 16.4 Å². The molecule has 0 amide bonds. The van der Waals surface area contributed by atoms with Gasteiger partial charge in [0.15, 0.2) is 0 Å². The van der Waals surface area contributed by atoms with E-state index in [0.29, 0.717) is 24.6 Å². The zero-order valence-corrected chi connectivity index (χ0v) is 11.8. The van der Waals surface area contributed by atoms with Crippen molar-refractivity contribution >= 4 is 10.0 Å². The van der Waals surface area contributed by atoms with Crippen LogP contribution in [0.1, 0.15) is 5.56 Å². The molecule has 0 unspecified atom stereocenters. The molecule has 19 heavy (non-hydrogen) atoms. The fourth-order valence-corrected chi connectivity index (χ4v) is 3.97. The van der Waals surface area contributed by atoms with Crippen molar-refractivity contribution in [3.05, 3.63) is 23.8 Å². The highest BCUT2D eigenvalue weighted by atomic mass is 32.2. The molecule has 6 heteroatoms. The first-order chi connectivity index (χ1) is 9.07. The molecule has 0 aliphatic carbocycles. The zero-order valence-electron chi connectivity index (χ0n) is 11.0. The minimum atomic E-state index is -3.36. The van der Waals surface area contributed by atoms with Crippen LogP contribution in [0, 0.1) is 0 Å². The van der Waals surface area contributed by atoms with Gasteiger partial charge in [-0.05, 0) is 30.8 Å². The third-order valence-corrected chi connectivity index (χ3v) is 5.66. The number of piperazine rings is 1. The standard InChI is InChI=1S/C13H18N2O3S/c1-14-5-7-15(8-6-14)19(16,17)12-2-3-13-11(10-12)4-9-18-13/h2-3,10H,4-9H2,1H3. The van der Waals surface area contributed by atoms with Crippen LogP contribution in [0.15, 0.2) is 23.1 Å². The number of benzene rings is 1. The highest BCUT2D eigenvalue weighted by molar-refractivity contribution is 7.89. The molecule has 1 fully saturated rings. The maximum absolute atomic E-state index is 12.6. The Bertz CT molecular complexity index is 578. The van der Waals surface area contributed by atoms with E-state index in [9.17, 15) is 8.42 Å². The average Bonchev–Trinajstić information content (AvgIpc) is 2.86. The van der Waals surface area contributed by atoms with E-state index in [0.717, 1.165) is 30.8 Å². The summed E-state index contributed by atoms with van der Waals surface area (Å²) in [5.41, 5.74) is 0.996. The Kier molecular flexibility index (Phi) is 3.24. The molecule has 0 spiro atoms. The van der Waals surface area contributed by atoms with Gasteiger partial charge in [0.2, 0.25) is 10.0 Å². The smallest absolute Gasteiger partial charge is 0.243 e. The first-order valence-electron chi connectivity index (χ1n) is 6.52. The van der Waals surface area contributed by atoms with Gasteiger partial charge in [0.05, 0.1) is 11.5 Å². The van der Waals surface area contributed by atoms with E-state index in [1.54, 1.807) is 22.5 Å². The average molecular weight is 282 g/mol. The topological polar surface area (TPSA) is 49.9 Å². The molecule has 1 aromatic rings. The van der Waals surface area contributed by atoms with Gasteiger partial charge in [-0.15, -0.1) is 0 Å². The molecular weight excluding hydrogens is 264 g/mol. The van der Waals surface area contributed by atoms with E-state index in [1.165, 1.54) is 0 Å².